The maximum absolute atomic E-state index is 13.7. The first-order valence-electron chi connectivity index (χ1n) is 12.6. The molecule has 5 rings (SSSR count). The van der Waals surface area contributed by atoms with Crippen LogP contribution < -0.4 is 4.74 Å². The van der Waals surface area contributed by atoms with E-state index in [-0.39, 0.29) is 29.6 Å². The van der Waals surface area contributed by atoms with Gasteiger partial charge in [0.25, 0.3) is 5.91 Å². The molecule has 186 valence electrons. The monoisotopic (exact) mass is 486 g/mol. The number of halogens is 1. The highest BCUT2D eigenvalue weighted by Crippen LogP contribution is 2.32. The molecule has 0 N–H and O–H groups in total. The van der Waals surface area contributed by atoms with Gasteiger partial charge in [-0.25, -0.2) is 4.39 Å². The number of hydrogen-bond donors (Lipinski definition) is 0. The topological polar surface area (TPSA) is 49.9 Å². The third kappa shape index (κ3) is 5.13. The minimum Gasteiger partial charge on any atom is -0.497 e. The molecular formula is C30H31FN2O3. The lowest BCUT2D eigenvalue weighted by molar-refractivity contribution is -0.140. The summed E-state index contributed by atoms with van der Waals surface area (Å²) in [5.41, 5.74) is 3.33. The van der Waals surface area contributed by atoms with Crippen molar-refractivity contribution in [1.29, 1.82) is 0 Å². The van der Waals surface area contributed by atoms with Crippen LogP contribution in [0.25, 0.3) is 11.1 Å². The van der Waals surface area contributed by atoms with E-state index in [1.54, 1.807) is 13.2 Å². The van der Waals surface area contributed by atoms with Crippen molar-refractivity contribution >= 4 is 11.8 Å². The highest BCUT2D eigenvalue weighted by Gasteiger charge is 2.40. The SMILES string of the molecule is COc1cccc(CCN2C(=O)CC[C@@H]3CN(C(=O)c4cccc(-c5cccc(F)c5)c4)CC[C@@H]32)c1. The minimum atomic E-state index is -0.297. The van der Waals surface area contributed by atoms with E-state index in [4.69, 9.17) is 4.74 Å². The van der Waals surface area contributed by atoms with Crippen LogP contribution in [-0.4, -0.2) is 54.4 Å². The van der Waals surface area contributed by atoms with Crippen molar-refractivity contribution in [1.82, 2.24) is 9.80 Å². The Bertz CT molecular complexity index is 1260. The molecule has 2 aliphatic rings. The second-order valence-corrected chi connectivity index (χ2v) is 9.69. The summed E-state index contributed by atoms with van der Waals surface area (Å²) in [4.78, 5) is 30.2. The summed E-state index contributed by atoms with van der Waals surface area (Å²) in [6.07, 6.45) is 2.90. The van der Waals surface area contributed by atoms with Crippen molar-refractivity contribution in [3.63, 3.8) is 0 Å². The number of nitrogens with zero attached hydrogens (tertiary/aromatic N) is 2. The molecule has 5 nitrogen and oxygen atoms in total. The molecule has 0 unspecified atom stereocenters. The summed E-state index contributed by atoms with van der Waals surface area (Å²) >= 11 is 0. The van der Waals surface area contributed by atoms with Gasteiger partial charge < -0.3 is 14.5 Å². The maximum atomic E-state index is 13.7. The zero-order valence-electron chi connectivity index (χ0n) is 20.5. The Kier molecular flexibility index (Phi) is 7.03. The Morgan fingerprint density at radius 2 is 1.78 bits per heavy atom. The Morgan fingerprint density at radius 1 is 1.00 bits per heavy atom. The molecule has 6 heteroatoms. The molecule has 2 aliphatic heterocycles. The van der Waals surface area contributed by atoms with Gasteiger partial charge in [-0.2, -0.15) is 0 Å². The molecule has 0 saturated carbocycles. The van der Waals surface area contributed by atoms with E-state index in [1.807, 2.05) is 58.3 Å². The molecule has 3 aromatic rings. The van der Waals surface area contributed by atoms with Crippen LogP contribution in [0.3, 0.4) is 0 Å². The fourth-order valence-corrected chi connectivity index (χ4v) is 5.59. The predicted molar refractivity (Wildman–Crippen MR) is 137 cm³/mol. The zero-order chi connectivity index (χ0) is 25.1. The molecule has 2 fully saturated rings. The van der Waals surface area contributed by atoms with Crippen LogP contribution in [0.15, 0.2) is 72.8 Å². The van der Waals surface area contributed by atoms with Gasteiger partial charge >= 0.3 is 0 Å². The van der Waals surface area contributed by atoms with Crippen LogP contribution in [0.4, 0.5) is 4.39 Å². The largest absolute Gasteiger partial charge is 0.497 e. The van der Waals surface area contributed by atoms with E-state index >= 15 is 0 Å². The van der Waals surface area contributed by atoms with E-state index in [0.717, 1.165) is 41.7 Å². The highest BCUT2D eigenvalue weighted by molar-refractivity contribution is 5.95. The van der Waals surface area contributed by atoms with Gasteiger partial charge in [-0.15, -0.1) is 0 Å². The Labute approximate surface area is 211 Å². The highest BCUT2D eigenvalue weighted by atomic mass is 19.1. The fraction of sp³-hybridized carbons (Fsp3) is 0.333. The van der Waals surface area contributed by atoms with Crippen molar-refractivity contribution < 1.29 is 18.7 Å². The van der Waals surface area contributed by atoms with Crippen molar-refractivity contribution in [2.45, 2.75) is 31.7 Å². The van der Waals surface area contributed by atoms with Gasteiger partial charge in [0.05, 0.1) is 7.11 Å². The van der Waals surface area contributed by atoms with Gasteiger partial charge in [0, 0.05) is 37.7 Å². The van der Waals surface area contributed by atoms with Crippen molar-refractivity contribution in [3.05, 3.63) is 89.7 Å². The molecule has 0 aliphatic carbocycles. The molecule has 0 aromatic heterocycles. The number of carbonyl (C=O) groups is 2. The standard InChI is InChI=1S/C30H31FN2O3/c1-36-27-10-2-5-21(17-27)13-16-33-28-14-15-32(20-25(28)11-12-29(33)34)30(35)24-8-3-6-22(18-24)23-7-4-9-26(31)19-23/h2-10,17-19,25,28H,11-16,20H2,1H3/t25-,28+/m1/s1. The Balaban J connectivity index is 1.26. The number of likely N-dealkylation sites (tertiary alicyclic amines) is 2. The average molecular weight is 487 g/mol. The molecular weight excluding hydrogens is 455 g/mol. The molecule has 2 heterocycles. The quantitative estimate of drug-likeness (QED) is 0.481. The summed E-state index contributed by atoms with van der Waals surface area (Å²) in [5, 5.41) is 0. The normalized spacial score (nSPS) is 19.7. The van der Waals surface area contributed by atoms with Crippen LogP contribution in [0, 0.1) is 11.7 Å². The lowest BCUT2D eigenvalue weighted by Crippen LogP contribution is -2.57. The van der Waals surface area contributed by atoms with Crippen molar-refractivity contribution in [3.8, 4) is 16.9 Å². The van der Waals surface area contributed by atoms with E-state index in [2.05, 4.69) is 6.07 Å². The molecule has 2 atom stereocenters. The zero-order valence-corrected chi connectivity index (χ0v) is 20.5. The van der Waals surface area contributed by atoms with Gasteiger partial charge in [0.2, 0.25) is 5.91 Å². The number of hydrogen-bond acceptors (Lipinski definition) is 3. The first-order valence-corrected chi connectivity index (χ1v) is 12.6. The molecule has 2 amide bonds. The minimum absolute atomic E-state index is 0.00784. The van der Waals surface area contributed by atoms with Crippen molar-refractivity contribution in [2.75, 3.05) is 26.7 Å². The van der Waals surface area contributed by atoms with Crippen LogP contribution in [0.1, 0.15) is 35.2 Å². The number of fused-ring (bicyclic) bond motifs is 1. The van der Waals surface area contributed by atoms with Crippen LogP contribution in [-0.2, 0) is 11.2 Å². The molecule has 3 aromatic carbocycles. The van der Waals surface area contributed by atoms with Crippen LogP contribution in [0.2, 0.25) is 0 Å². The first kappa shape index (κ1) is 24.0. The molecule has 0 radical (unpaired) electrons. The fourth-order valence-electron chi connectivity index (χ4n) is 5.59. The van der Waals surface area contributed by atoms with E-state index < -0.39 is 0 Å². The van der Waals surface area contributed by atoms with Gasteiger partial charge in [-0.3, -0.25) is 9.59 Å². The lowest BCUT2D eigenvalue weighted by Gasteiger charge is -2.47. The second-order valence-electron chi connectivity index (χ2n) is 9.69. The molecule has 0 bridgehead atoms. The number of carbonyl (C=O) groups excluding carboxylic acids is 2. The van der Waals surface area contributed by atoms with Crippen molar-refractivity contribution in [2.24, 2.45) is 5.92 Å². The molecule has 36 heavy (non-hydrogen) atoms. The lowest BCUT2D eigenvalue weighted by atomic mass is 9.83. The summed E-state index contributed by atoms with van der Waals surface area (Å²) < 4.78 is 19.0. The van der Waals surface area contributed by atoms with E-state index in [1.165, 1.54) is 12.1 Å². The number of methoxy groups -OCH3 is 1. The average Bonchev–Trinajstić information content (AvgIpc) is 2.92. The summed E-state index contributed by atoms with van der Waals surface area (Å²) in [6, 6.07) is 22.0. The molecule has 0 spiro atoms. The Morgan fingerprint density at radius 3 is 2.58 bits per heavy atom. The van der Waals surface area contributed by atoms with Gasteiger partial charge in [-0.05, 0) is 78.3 Å². The Hall–Kier alpha value is -3.67. The smallest absolute Gasteiger partial charge is 0.253 e. The summed E-state index contributed by atoms with van der Waals surface area (Å²) in [5.74, 6) is 1.00. The number of benzene rings is 3. The van der Waals surface area contributed by atoms with Crippen LogP contribution >= 0.6 is 0 Å². The predicted octanol–water partition coefficient (Wildman–Crippen LogP) is 5.20. The molecule has 2 saturated heterocycles. The van der Waals surface area contributed by atoms with E-state index in [9.17, 15) is 14.0 Å². The number of piperidine rings is 2. The van der Waals surface area contributed by atoms with Gasteiger partial charge in [-0.1, -0.05) is 36.4 Å². The summed E-state index contributed by atoms with van der Waals surface area (Å²) in [7, 11) is 1.66. The van der Waals surface area contributed by atoms with Crippen LogP contribution in [0.5, 0.6) is 5.75 Å². The number of rotatable bonds is 6. The summed E-state index contributed by atoms with van der Waals surface area (Å²) in [6.45, 7) is 1.94. The maximum Gasteiger partial charge on any atom is 0.253 e. The third-order valence-corrected chi connectivity index (χ3v) is 7.47. The van der Waals surface area contributed by atoms with E-state index in [0.29, 0.717) is 31.6 Å². The first-order chi connectivity index (χ1) is 17.5. The second kappa shape index (κ2) is 10.5. The van der Waals surface area contributed by atoms with Gasteiger partial charge in [0.15, 0.2) is 0 Å². The number of amides is 2. The van der Waals surface area contributed by atoms with Gasteiger partial charge in [0.1, 0.15) is 11.6 Å². The number of ether oxygens (including phenoxy) is 1. The third-order valence-electron chi connectivity index (χ3n) is 7.47.